The first-order valence-electron chi connectivity index (χ1n) is 12.0. The van der Waals surface area contributed by atoms with E-state index in [1.165, 1.54) is 31.2 Å². The summed E-state index contributed by atoms with van der Waals surface area (Å²) in [5.41, 5.74) is 2.96. The number of rotatable bonds is 6. The Hall–Kier alpha value is -2.11. The van der Waals surface area contributed by atoms with Crippen LogP contribution in [0.4, 0.5) is 0 Å². The number of nitrogens with zero attached hydrogens (tertiary/aromatic N) is 3. The fourth-order valence-electron chi connectivity index (χ4n) is 5.15. The third-order valence-corrected chi connectivity index (χ3v) is 7.17. The van der Waals surface area contributed by atoms with Crippen LogP contribution >= 0.6 is 0 Å². The molecule has 0 amide bonds. The van der Waals surface area contributed by atoms with Gasteiger partial charge in [-0.25, -0.2) is 0 Å². The fourth-order valence-corrected chi connectivity index (χ4v) is 5.15. The molecule has 3 heterocycles. The van der Waals surface area contributed by atoms with Crippen LogP contribution in [0.25, 0.3) is 0 Å². The molecule has 1 N–H and O–H groups in total. The molecule has 1 aromatic heterocycles. The van der Waals surface area contributed by atoms with Gasteiger partial charge in [-0.3, -0.25) is 14.6 Å². The molecule has 0 saturated carbocycles. The first-order chi connectivity index (χ1) is 15.1. The zero-order valence-electron chi connectivity index (χ0n) is 18.9. The highest BCUT2D eigenvalue weighted by molar-refractivity contribution is 5.30. The molecule has 5 heteroatoms. The SMILES string of the molecule is Cn1c(CN2CCCCCC2)cc(=O)c(O)c1CN1CCC(Cc2ccccc2)CC1. The van der Waals surface area contributed by atoms with Crippen LogP contribution in [0.15, 0.2) is 41.2 Å². The summed E-state index contributed by atoms with van der Waals surface area (Å²) in [5, 5.41) is 10.6. The topological polar surface area (TPSA) is 48.7 Å². The van der Waals surface area contributed by atoms with E-state index in [4.69, 9.17) is 0 Å². The van der Waals surface area contributed by atoms with Gasteiger partial charge in [0.05, 0.1) is 5.69 Å². The third-order valence-electron chi connectivity index (χ3n) is 7.17. The van der Waals surface area contributed by atoms with E-state index in [9.17, 15) is 9.90 Å². The Morgan fingerprint density at radius 1 is 0.903 bits per heavy atom. The zero-order chi connectivity index (χ0) is 21.6. The van der Waals surface area contributed by atoms with E-state index in [1.54, 1.807) is 6.07 Å². The molecule has 0 unspecified atom stereocenters. The molecule has 2 aromatic rings. The molecular weight excluding hydrogens is 386 g/mol. The summed E-state index contributed by atoms with van der Waals surface area (Å²) >= 11 is 0. The Bertz CT molecular complexity index is 893. The Morgan fingerprint density at radius 3 is 2.23 bits per heavy atom. The number of hydrogen-bond donors (Lipinski definition) is 1. The molecule has 1 aromatic carbocycles. The number of piperidine rings is 1. The van der Waals surface area contributed by atoms with Crippen molar-refractivity contribution < 1.29 is 5.11 Å². The highest BCUT2D eigenvalue weighted by Crippen LogP contribution is 2.25. The van der Waals surface area contributed by atoms with Crippen molar-refractivity contribution in [2.45, 2.75) is 58.0 Å². The number of hydrogen-bond acceptors (Lipinski definition) is 4. The summed E-state index contributed by atoms with van der Waals surface area (Å²) in [5.74, 6) is 0.638. The van der Waals surface area contributed by atoms with Crippen molar-refractivity contribution in [3.63, 3.8) is 0 Å². The number of likely N-dealkylation sites (tertiary alicyclic amines) is 2. The van der Waals surface area contributed by atoms with Gasteiger partial charge in [-0.05, 0) is 69.8 Å². The minimum absolute atomic E-state index is 0.0754. The van der Waals surface area contributed by atoms with Gasteiger partial charge in [-0.15, -0.1) is 0 Å². The number of benzene rings is 1. The van der Waals surface area contributed by atoms with Gasteiger partial charge in [0.25, 0.3) is 0 Å². The smallest absolute Gasteiger partial charge is 0.223 e. The molecule has 0 bridgehead atoms. The van der Waals surface area contributed by atoms with Crippen LogP contribution in [0.1, 0.15) is 55.5 Å². The lowest BCUT2D eigenvalue weighted by Gasteiger charge is -2.33. The van der Waals surface area contributed by atoms with Gasteiger partial charge in [0.1, 0.15) is 0 Å². The molecule has 168 valence electrons. The largest absolute Gasteiger partial charge is 0.503 e. The van der Waals surface area contributed by atoms with E-state index in [0.717, 1.165) is 63.4 Å². The molecule has 2 aliphatic heterocycles. The second-order valence-corrected chi connectivity index (χ2v) is 9.45. The van der Waals surface area contributed by atoms with E-state index in [-0.39, 0.29) is 11.2 Å². The second-order valence-electron chi connectivity index (χ2n) is 9.45. The fraction of sp³-hybridized carbons (Fsp3) is 0.577. The van der Waals surface area contributed by atoms with E-state index < -0.39 is 0 Å². The van der Waals surface area contributed by atoms with Gasteiger partial charge in [0.2, 0.25) is 5.43 Å². The van der Waals surface area contributed by atoms with Crippen LogP contribution in [-0.2, 0) is 26.6 Å². The molecule has 2 aliphatic rings. The number of pyridine rings is 1. The lowest BCUT2D eigenvalue weighted by atomic mass is 9.90. The molecule has 2 fully saturated rings. The van der Waals surface area contributed by atoms with Crippen LogP contribution in [0.3, 0.4) is 0 Å². The summed E-state index contributed by atoms with van der Waals surface area (Å²) < 4.78 is 2.07. The molecule has 0 radical (unpaired) electrons. The maximum Gasteiger partial charge on any atom is 0.223 e. The standard InChI is InChI=1S/C26H37N3O2/c1-27-23(19-28-13-7-2-3-8-14-28)18-25(30)26(31)24(27)20-29-15-11-22(12-16-29)17-21-9-5-4-6-10-21/h4-6,9-10,18,22,31H,2-3,7-8,11-17,19-20H2,1H3. The average Bonchev–Trinajstić information content (AvgIpc) is 3.06. The Morgan fingerprint density at radius 2 is 1.55 bits per heavy atom. The minimum Gasteiger partial charge on any atom is -0.503 e. The zero-order valence-corrected chi connectivity index (χ0v) is 18.9. The van der Waals surface area contributed by atoms with Gasteiger partial charge >= 0.3 is 0 Å². The van der Waals surface area contributed by atoms with Crippen LogP contribution in [0.2, 0.25) is 0 Å². The molecule has 0 aliphatic carbocycles. The van der Waals surface area contributed by atoms with Crippen molar-refractivity contribution >= 4 is 0 Å². The van der Waals surface area contributed by atoms with Crippen molar-refractivity contribution in [2.75, 3.05) is 26.2 Å². The molecule has 4 rings (SSSR count). The quantitative estimate of drug-likeness (QED) is 0.765. The number of aromatic hydroxyl groups is 1. The van der Waals surface area contributed by atoms with Crippen LogP contribution in [0.5, 0.6) is 5.75 Å². The summed E-state index contributed by atoms with van der Waals surface area (Å²) in [6, 6.07) is 12.4. The lowest BCUT2D eigenvalue weighted by Crippen LogP contribution is -2.35. The van der Waals surface area contributed by atoms with E-state index in [1.807, 2.05) is 7.05 Å². The third kappa shape index (κ3) is 5.78. The van der Waals surface area contributed by atoms with Crippen LogP contribution < -0.4 is 5.43 Å². The Labute approximate surface area is 186 Å². The summed E-state index contributed by atoms with van der Waals surface area (Å²) in [4.78, 5) is 17.4. The van der Waals surface area contributed by atoms with Crippen molar-refractivity contribution in [3.8, 4) is 5.75 Å². The summed E-state index contributed by atoms with van der Waals surface area (Å²) in [6.07, 6.45) is 8.54. The Kier molecular flexibility index (Phi) is 7.46. The first kappa shape index (κ1) is 22.1. The van der Waals surface area contributed by atoms with Crippen molar-refractivity contribution in [3.05, 3.63) is 63.6 Å². The van der Waals surface area contributed by atoms with Crippen LogP contribution in [-0.4, -0.2) is 45.7 Å². The van der Waals surface area contributed by atoms with Crippen molar-refractivity contribution in [1.29, 1.82) is 0 Å². The highest BCUT2D eigenvalue weighted by Gasteiger charge is 2.23. The maximum absolute atomic E-state index is 12.5. The summed E-state index contributed by atoms with van der Waals surface area (Å²) in [6.45, 7) is 5.66. The molecule has 0 atom stereocenters. The van der Waals surface area contributed by atoms with Crippen molar-refractivity contribution in [1.82, 2.24) is 14.4 Å². The first-order valence-corrected chi connectivity index (χ1v) is 12.0. The molecule has 5 nitrogen and oxygen atoms in total. The summed E-state index contributed by atoms with van der Waals surface area (Å²) in [7, 11) is 2.00. The molecule has 2 saturated heterocycles. The average molecular weight is 424 g/mol. The van der Waals surface area contributed by atoms with E-state index >= 15 is 0 Å². The molecule has 31 heavy (non-hydrogen) atoms. The predicted octanol–water partition coefficient (Wildman–Crippen LogP) is 3.92. The lowest BCUT2D eigenvalue weighted by molar-refractivity contribution is 0.171. The maximum atomic E-state index is 12.5. The number of aromatic nitrogens is 1. The van der Waals surface area contributed by atoms with Gasteiger partial charge < -0.3 is 9.67 Å². The van der Waals surface area contributed by atoms with Gasteiger partial charge in [0, 0.05) is 31.9 Å². The van der Waals surface area contributed by atoms with E-state index in [0.29, 0.717) is 12.5 Å². The predicted molar refractivity (Wildman–Crippen MR) is 125 cm³/mol. The normalized spacial score (nSPS) is 19.4. The van der Waals surface area contributed by atoms with Gasteiger partial charge in [-0.1, -0.05) is 43.2 Å². The van der Waals surface area contributed by atoms with Gasteiger partial charge in [0.15, 0.2) is 5.75 Å². The van der Waals surface area contributed by atoms with Gasteiger partial charge in [-0.2, -0.15) is 0 Å². The highest BCUT2D eigenvalue weighted by atomic mass is 16.3. The van der Waals surface area contributed by atoms with E-state index in [2.05, 4.69) is 44.7 Å². The molecule has 0 spiro atoms. The minimum atomic E-state index is -0.239. The molecular formula is C26H37N3O2. The van der Waals surface area contributed by atoms with Crippen LogP contribution in [0, 0.1) is 5.92 Å². The Balaban J connectivity index is 1.40. The van der Waals surface area contributed by atoms with Crippen molar-refractivity contribution in [2.24, 2.45) is 13.0 Å². The second kappa shape index (κ2) is 10.5. The monoisotopic (exact) mass is 423 g/mol.